The van der Waals surface area contributed by atoms with Gasteiger partial charge in [0.15, 0.2) is 14.4 Å². The molecule has 9 heteroatoms. The maximum absolute atomic E-state index is 13.0. The first kappa shape index (κ1) is 31.8. The van der Waals surface area contributed by atoms with Gasteiger partial charge >= 0.3 is 5.97 Å². The van der Waals surface area contributed by atoms with Crippen molar-refractivity contribution >= 4 is 20.2 Å². The standard InChI is InChI=1S/C27H45NO7Si/c1-19(14-15-34-18-21-10-12-22(32-6)13-11-21)16-24(35-36(8,9)27(3,4)5)20(2)25(30)28-23(17-29)26(31)33-7/h10-13,16,20,23-24,29H,14-15,17-18H2,1-9H3,(H,28,30)/b19-16-/t20-,23?,24+/m0/s1. The summed E-state index contributed by atoms with van der Waals surface area (Å²) in [7, 11) is 0.634. The fourth-order valence-electron chi connectivity index (χ4n) is 3.08. The molecule has 0 aromatic heterocycles. The van der Waals surface area contributed by atoms with E-state index in [0.29, 0.717) is 19.6 Å². The van der Waals surface area contributed by atoms with Gasteiger partial charge in [-0.1, -0.05) is 51.5 Å². The lowest BCUT2D eigenvalue weighted by molar-refractivity contribution is -0.147. The molecule has 0 spiro atoms. The zero-order valence-corrected chi connectivity index (χ0v) is 24.3. The van der Waals surface area contributed by atoms with Crippen molar-refractivity contribution in [2.75, 3.05) is 27.4 Å². The normalized spacial score (nSPS) is 15.1. The van der Waals surface area contributed by atoms with Gasteiger partial charge in [0.25, 0.3) is 0 Å². The summed E-state index contributed by atoms with van der Waals surface area (Å²) in [6.45, 7) is 14.9. The fourth-order valence-corrected chi connectivity index (χ4v) is 4.39. The Kier molecular flexibility index (Phi) is 12.8. The van der Waals surface area contributed by atoms with Crippen molar-refractivity contribution < 1.29 is 33.3 Å². The fraction of sp³-hybridized carbons (Fsp3) is 0.630. The van der Waals surface area contributed by atoms with Crippen LogP contribution in [0.3, 0.4) is 0 Å². The molecule has 2 N–H and O–H groups in total. The van der Waals surface area contributed by atoms with Gasteiger partial charge in [0.1, 0.15) is 5.75 Å². The number of hydrogen-bond acceptors (Lipinski definition) is 7. The highest BCUT2D eigenvalue weighted by molar-refractivity contribution is 6.74. The van der Waals surface area contributed by atoms with Crippen molar-refractivity contribution in [2.45, 2.75) is 77.9 Å². The average Bonchev–Trinajstić information content (AvgIpc) is 2.83. The van der Waals surface area contributed by atoms with Crippen LogP contribution < -0.4 is 10.1 Å². The van der Waals surface area contributed by atoms with E-state index >= 15 is 0 Å². The van der Waals surface area contributed by atoms with Gasteiger partial charge in [0.2, 0.25) is 5.91 Å². The quantitative estimate of drug-likeness (QED) is 0.163. The average molecular weight is 524 g/mol. The van der Waals surface area contributed by atoms with Crippen LogP contribution in [-0.2, 0) is 30.1 Å². The SMILES string of the molecule is COC(=O)C(CO)NC(=O)[C@@H](C)[C@@H](/C=C(/C)CCOCc1ccc(OC)cc1)O[Si](C)(C)C(C)(C)C. The molecule has 3 atom stereocenters. The third-order valence-electron chi connectivity index (χ3n) is 6.65. The van der Waals surface area contributed by atoms with Crippen molar-refractivity contribution in [3.05, 3.63) is 41.5 Å². The van der Waals surface area contributed by atoms with Gasteiger partial charge in [0, 0.05) is 0 Å². The van der Waals surface area contributed by atoms with Crippen LogP contribution in [0.4, 0.5) is 0 Å². The predicted molar refractivity (Wildman–Crippen MR) is 143 cm³/mol. The van der Waals surface area contributed by atoms with Crippen molar-refractivity contribution in [1.82, 2.24) is 5.32 Å². The Labute approximate surface area is 217 Å². The number of carbonyl (C=O) groups is 2. The Morgan fingerprint density at radius 1 is 1.14 bits per heavy atom. The second kappa shape index (κ2) is 14.5. The number of nitrogens with one attached hydrogen (secondary N) is 1. The van der Waals surface area contributed by atoms with Gasteiger partial charge in [-0.25, -0.2) is 4.79 Å². The molecule has 0 aliphatic heterocycles. The third-order valence-corrected chi connectivity index (χ3v) is 11.1. The molecule has 0 heterocycles. The van der Waals surface area contributed by atoms with Crippen LogP contribution in [0, 0.1) is 5.92 Å². The Balaban J connectivity index is 2.91. The lowest BCUT2D eigenvalue weighted by Crippen LogP contribution is -2.51. The van der Waals surface area contributed by atoms with Crippen LogP contribution >= 0.6 is 0 Å². The van der Waals surface area contributed by atoms with Gasteiger partial charge < -0.3 is 29.1 Å². The summed E-state index contributed by atoms with van der Waals surface area (Å²) in [5.74, 6) is -0.864. The number of rotatable bonds is 14. The number of aliphatic hydroxyl groups excluding tert-OH is 1. The van der Waals surface area contributed by atoms with Gasteiger partial charge in [-0.3, -0.25) is 4.79 Å². The first-order valence-electron chi connectivity index (χ1n) is 12.3. The molecule has 0 bridgehead atoms. The number of carbonyl (C=O) groups excluding carboxylic acids is 2. The molecule has 1 unspecified atom stereocenters. The van der Waals surface area contributed by atoms with E-state index in [1.165, 1.54) is 7.11 Å². The molecule has 204 valence electrons. The van der Waals surface area contributed by atoms with E-state index in [1.807, 2.05) is 37.3 Å². The molecule has 0 saturated carbocycles. The topological polar surface area (TPSA) is 103 Å². The minimum Gasteiger partial charge on any atom is -0.497 e. The second-order valence-electron chi connectivity index (χ2n) is 10.6. The number of esters is 1. The van der Waals surface area contributed by atoms with E-state index in [0.717, 1.165) is 16.9 Å². The maximum Gasteiger partial charge on any atom is 0.330 e. The van der Waals surface area contributed by atoms with Crippen LogP contribution in [0.1, 0.15) is 46.6 Å². The number of methoxy groups -OCH3 is 2. The molecule has 1 amide bonds. The summed E-state index contributed by atoms with van der Waals surface area (Å²) in [6, 6.07) is 6.63. The molecular formula is C27H45NO7Si. The lowest BCUT2D eigenvalue weighted by atomic mass is 10.0. The lowest BCUT2D eigenvalue weighted by Gasteiger charge is -2.40. The number of ether oxygens (including phenoxy) is 3. The number of hydrogen-bond donors (Lipinski definition) is 2. The summed E-state index contributed by atoms with van der Waals surface area (Å²) >= 11 is 0. The largest absolute Gasteiger partial charge is 0.497 e. The Bertz CT molecular complexity index is 862. The molecule has 0 fully saturated rings. The summed E-state index contributed by atoms with van der Waals surface area (Å²) < 4.78 is 22.3. The number of aliphatic hydroxyl groups is 1. The molecule has 1 aromatic carbocycles. The van der Waals surface area contributed by atoms with Crippen molar-refractivity contribution in [1.29, 1.82) is 0 Å². The molecule has 0 aliphatic rings. The molecule has 36 heavy (non-hydrogen) atoms. The van der Waals surface area contributed by atoms with E-state index in [2.05, 4.69) is 43.9 Å². The van der Waals surface area contributed by atoms with Crippen molar-refractivity contribution in [2.24, 2.45) is 5.92 Å². The zero-order chi connectivity index (χ0) is 27.5. The predicted octanol–water partition coefficient (Wildman–Crippen LogP) is 4.22. The Morgan fingerprint density at radius 2 is 1.75 bits per heavy atom. The number of benzene rings is 1. The molecular weight excluding hydrogens is 478 g/mol. The minimum absolute atomic E-state index is 0.0513. The summed E-state index contributed by atoms with van der Waals surface area (Å²) in [5.41, 5.74) is 2.10. The van der Waals surface area contributed by atoms with E-state index in [9.17, 15) is 14.7 Å². The molecule has 1 rings (SSSR count). The van der Waals surface area contributed by atoms with Crippen molar-refractivity contribution in [3.8, 4) is 5.75 Å². The van der Waals surface area contributed by atoms with Gasteiger partial charge in [-0.15, -0.1) is 0 Å². The second-order valence-corrected chi connectivity index (χ2v) is 15.3. The molecule has 1 aromatic rings. The first-order valence-corrected chi connectivity index (χ1v) is 15.2. The minimum atomic E-state index is -2.22. The van der Waals surface area contributed by atoms with Crippen LogP contribution in [0.2, 0.25) is 18.1 Å². The van der Waals surface area contributed by atoms with E-state index in [1.54, 1.807) is 14.0 Å². The van der Waals surface area contributed by atoms with Gasteiger partial charge in [0.05, 0.1) is 46.1 Å². The van der Waals surface area contributed by atoms with Crippen molar-refractivity contribution in [3.63, 3.8) is 0 Å². The van der Waals surface area contributed by atoms with Crippen LogP contribution in [-0.4, -0.2) is 64.9 Å². The highest BCUT2D eigenvalue weighted by atomic mass is 28.4. The van der Waals surface area contributed by atoms with E-state index in [-0.39, 0.29) is 10.9 Å². The Hall–Kier alpha value is -2.20. The number of amides is 1. The highest BCUT2D eigenvalue weighted by Gasteiger charge is 2.41. The summed E-state index contributed by atoms with van der Waals surface area (Å²) in [5, 5.41) is 12.0. The molecule has 0 radical (unpaired) electrons. The molecule has 0 aliphatic carbocycles. The zero-order valence-electron chi connectivity index (χ0n) is 23.3. The van der Waals surface area contributed by atoms with Crippen LogP contribution in [0.25, 0.3) is 0 Å². The van der Waals surface area contributed by atoms with E-state index in [4.69, 9.17) is 13.9 Å². The van der Waals surface area contributed by atoms with Crippen LogP contribution in [0.5, 0.6) is 5.75 Å². The van der Waals surface area contributed by atoms with E-state index < -0.39 is 39.0 Å². The molecule has 8 nitrogen and oxygen atoms in total. The summed E-state index contributed by atoms with van der Waals surface area (Å²) in [4.78, 5) is 24.8. The summed E-state index contributed by atoms with van der Waals surface area (Å²) in [6.07, 6.45) is 2.17. The van der Waals surface area contributed by atoms with Crippen LogP contribution in [0.15, 0.2) is 35.9 Å². The molecule has 0 saturated heterocycles. The van der Waals surface area contributed by atoms with Gasteiger partial charge in [-0.2, -0.15) is 0 Å². The maximum atomic E-state index is 13.0. The van der Waals surface area contributed by atoms with Gasteiger partial charge in [-0.05, 0) is 49.2 Å². The first-order chi connectivity index (χ1) is 16.7. The highest BCUT2D eigenvalue weighted by Crippen LogP contribution is 2.38. The monoisotopic (exact) mass is 523 g/mol. The smallest absolute Gasteiger partial charge is 0.330 e. The Morgan fingerprint density at radius 3 is 2.25 bits per heavy atom. The third kappa shape index (κ3) is 10.0.